The summed E-state index contributed by atoms with van der Waals surface area (Å²) in [6.07, 6.45) is 8.54. The van der Waals surface area contributed by atoms with E-state index in [1.165, 1.54) is 59.9 Å². The molecule has 0 unspecified atom stereocenters. The molecule has 0 fully saturated rings. The summed E-state index contributed by atoms with van der Waals surface area (Å²) in [5.74, 6) is 0. The van der Waals surface area contributed by atoms with Crippen molar-refractivity contribution in [1.82, 2.24) is 0 Å². The predicted octanol–water partition coefficient (Wildman–Crippen LogP) is 18.2. The zero-order valence-corrected chi connectivity index (χ0v) is 40.8. The lowest BCUT2D eigenvalue weighted by Crippen LogP contribution is -1.87. The van der Waals surface area contributed by atoms with Crippen LogP contribution in [0.15, 0.2) is 78.9 Å². The largest absolute Gasteiger partial charge is 0.0776 e. The summed E-state index contributed by atoms with van der Waals surface area (Å²) in [6.45, 7) is 48.0. The van der Waals surface area contributed by atoms with Crippen molar-refractivity contribution < 1.29 is 2.85 Å². The lowest BCUT2D eigenvalue weighted by Gasteiger charge is -2.02. The Balaban J connectivity index is -0.0000000189. The monoisotopic (exact) mass is 766 g/mol. The van der Waals surface area contributed by atoms with Crippen LogP contribution in [-0.4, -0.2) is 42.1 Å². The van der Waals surface area contributed by atoms with E-state index in [9.17, 15) is 0 Å². The normalized spacial score (nSPS) is 6.31. The molecule has 0 aliphatic carbocycles. The molecule has 0 atom stereocenters. The summed E-state index contributed by atoms with van der Waals surface area (Å²) in [5.41, 5.74) is 6.95. The SMILES string of the molecule is C.C.CC.CC.CC.CC.CCC.CCC.CCC.CCC.CCC.CCc1cc(C)cc(CC)c1.Cc1ccccc1.Cc1ccccc1.[2HH].[2HH].[B].[B].[B].[B].[B]. The lowest BCUT2D eigenvalue weighted by atomic mass is 10.0. The summed E-state index contributed by atoms with van der Waals surface area (Å²) < 4.78 is 0. The summed E-state index contributed by atoms with van der Waals surface area (Å²) in [7, 11) is 0. The van der Waals surface area contributed by atoms with Gasteiger partial charge in [0.05, 0.1) is 0 Å². The zero-order valence-electron chi connectivity index (χ0n) is 40.8. The van der Waals surface area contributed by atoms with Gasteiger partial charge >= 0.3 is 0 Å². The summed E-state index contributed by atoms with van der Waals surface area (Å²) in [5, 5.41) is 0. The van der Waals surface area contributed by atoms with Crippen molar-refractivity contribution in [3.63, 3.8) is 0 Å². The highest BCUT2D eigenvalue weighted by Crippen LogP contribution is 2.10. The van der Waals surface area contributed by atoms with Crippen LogP contribution in [0, 0.1) is 20.8 Å². The van der Waals surface area contributed by atoms with Gasteiger partial charge < -0.3 is 0 Å². The van der Waals surface area contributed by atoms with E-state index in [-0.39, 0.29) is 59.8 Å². The molecule has 3 rings (SSSR count). The summed E-state index contributed by atoms with van der Waals surface area (Å²) in [6, 6.07) is 27.3. The fourth-order valence-electron chi connectivity index (χ4n) is 2.43. The van der Waals surface area contributed by atoms with Crippen LogP contribution < -0.4 is 0 Å². The molecule has 0 heterocycles. The van der Waals surface area contributed by atoms with Crippen LogP contribution in [0.1, 0.15) is 216 Å². The molecule has 0 aliphatic heterocycles. The molecule has 0 N–H and O–H groups in total. The third-order valence-corrected chi connectivity index (χ3v) is 3.89. The van der Waals surface area contributed by atoms with Gasteiger partial charge in [-0.2, -0.15) is 0 Å². The molecular weight excluding hydrogens is 655 g/mol. The maximum absolute atomic E-state index is 2.30. The van der Waals surface area contributed by atoms with Crippen molar-refractivity contribution in [2.24, 2.45) is 0 Å². The number of benzene rings is 3. The average molecular weight is 765 g/mol. The van der Waals surface area contributed by atoms with Gasteiger partial charge in [-0.25, -0.2) is 0 Å². The minimum absolute atomic E-state index is 0. The first kappa shape index (κ1) is 105. The van der Waals surface area contributed by atoms with Crippen molar-refractivity contribution in [1.29, 1.82) is 0 Å². The Morgan fingerprint density at radius 1 is 0.309 bits per heavy atom. The van der Waals surface area contributed by atoms with E-state index in [0.717, 1.165) is 12.8 Å². The number of rotatable bonds is 2. The van der Waals surface area contributed by atoms with Gasteiger partial charge in [0.1, 0.15) is 0 Å². The second-order valence-corrected chi connectivity index (χ2v) is 9.88. The number of hydrogen-bond donors (Lipinski definition) is 0. The molecule has 0 spiro atoms. The maximum Gasteiger partial charge on any atom is 0 e. The molecule has 5 heteroatoms. The van der Waals surface area contributed by atoms with E-state index in [4.69, 9.17) is 0 Å². The lowest BCUT2D eigenvalue weighted by molar-refractivity contribution is 1.08. The van der Waals surface area contributed by atoms with Crippen molar-refractivity contribution in [3.05, 3.63) is 107 Å². The van der Waals surface area contributed by atoms with Crippen LogP contribution in [0.5, 0.6) is 0 Å². The van der Waals surface area contributed by atoms with E-state index in [1.807, 2.05) is 91.8 Å². The molecule has 0 aliphatic rings. The smallest absolute Gasteiger partial charge is 0 e. The van der Waals surface area contributed by atoms with Crippen molar-refractivity contribution in [2.45, 2.75) is 219 Å². The van der Waals surface area contributed by atoms with Crippen LogP contribution in [0.4, 0.5) is 0 Å². The van der Waals surface area contributed by atoms with Gasteiger partial charge in [-0.05, 0) is 44.7 Å². The molecule has 0 aromatic heterocycles. The zero-order chi connectivity index (χ0) is 40.0. The molecule has 0 bridgehead atoms. The van der Waals surface area contributed by atoms with Crippen molar-refractivity contribution >= 4 is 42.1 Å². The molecule has 3 aromatic carbocycles. The molecule has 55 heavy (non-hydrogen) atoms. The summed E-state index contributed by atoms with van der Waals surface area (Å²) >= 11 is 0. The van der Waals surface area contributed by atoms with Crippen LogP contribution in [-0.2, 0) is 12.8 Å². The molecule has 323 valence electrons. The fourth-order valence-corrected chi connectivity index (χ4v) is 2.43. The van der Waals surface area contributed by atoms with Crippen LogP contribution in [0.3, 0.4) is 0 Å². The minimum Gasteiger partial charge on any atom is -0.0776 e. The molecule has 0 nitrogen and oxygen atoms in total. The average Bonchev–Trinajstić information content (AvgIpc) is 3.11. The van der Waals surface area contributed by atoms with Crippen LogP contribution in [0.2, 0.25) is 0 Å². The van der Waals surface area contributed by atoms with E-state index >= 15 is 0 Å². The van der Waals surface area contributed by atoms with Gasteiger partial charge in [-0.3, -0.25) is 0 Å². The van der Waals surface area contributed by atoms with E-state index in [0.29, 0.717) is 0 Å². The number of hydrogen-bond acceptors (Lipinski definition) is 0. The fraction of sp³-hybridized carbons (Fsp3) is 0.640. The van der Waals surface area contributed by atoms with Crippen molar-refractivity contribution in [3.8, 4) is 0 Å². The first-order chi connectivity index (χ1) is 23.1. The first-order valence-corrected chi connectivity index (χ1v) is 20.2. The minimum atomic E-state index is 0. The maximum atomic E-state index is 2.30. The molecule has 15 radical (unpaired) electrons. The van der Waals surface area contributed by atoms with Crippen LogP contribution in [0.25, 0.3) is 0 Å². The third kappa shape index (κ3) is 144. The van der Waals surface area contributed by atoms with E-state index < -0.39 is 0 Å². The first-order valence-electron chi connectivity index (χ1n) is 20.2. The van der Waals surface area contributed by atoms with Gasteiger partial charge in [0.15, 0.2) is 0 Å². The Morgan fingerprint density at radius 3 is 0.582 bits per heavy atom. The number of aryl methyl sites for hydroxylation is 5. The van der Waals surface area contributed by atoms with E-state index in [1.54, 1.807) is 0 Å². The topological polar surface area (TPSA) is 0 Å². The Kier molecular flexibility index (Phi) is 236. The predicted molar refractivity (Wildman–Crippen MR) is 284 cm³/mol. The Hall–Kier alpha value is -2.02. The highest BCUT2D eigenvalue weighted by Gasteiger charge is 1.94. The second-order valence-electron chi connectivity index (χ2n) is 9.88. The Bertz CT molecular complexity index is 737. The molecular formula is C50H108B5. The Labute approximate surface area is 369 Å². The molecule has 3 aromatic rings. The van der Waals surface area contributed by atoms with Gasteiger partial charge in [0.25, 0.3) is 0 Å². The van der Waals surface area contributed by atoms with E-state index in [2.05, 4.69) is 146 Å². The van der Waals surface area contributed by atoms with Gasteiger partial charge in [0.2, 0.25) is 0 Å². The van der Waals surface area contributed by atoms with Gasteiger partial charge in [0, 0.05) is 44.9 Å². The third-order valence-electron chi connectivity index (χ3n) is 3.89. The molecule has 0 saturated carbocycles. The van der Waals surface area contributed by atoms with Gasteiger partial charge in [-0.1, -0.05) is 281 Å². The highest BCUT2D eigenvalue weighted by molar-refractivity contribution is 5.76. The highest BCUT2D eigenvalue weighted by atomic mass is 14.0. The molecule has 0 saturated heterocycles. The Morgan fingerprint density at radius 2 is 0.473 bits per heavy atom. The van der Waals surface area contributed by atoms with Crippen molar-refractivity contribution in [2.75, 3.05) is 0 Å². The second kappa shape index (κ2) is 124. The molecule has 0 amide bonds. The van der Waals surface area contributed by atoms with Gasteiger partial charge in [-0.15, -0.1) is 0 Å². The van der Waals surface area contributed by atoms with Crippen LogP contribution >= 0.6 is 0 Å². The summed E-state index contributed by atoms with van der Waals surface area (Å²) in [4.78, 5) is 0. The standard InChI is InChI=1S/C11H16.2C7H8.5C3H8.4C2H6.2CH4.5B.2H2/c1-4-10-6-9(3)7-11(5-2)8-10;2*1-7-5-3-2-4-6-7;5*1-3-2;4*1-2;;;;;;;;;/h6-8H,4-5H2,1-3H3;2*2-6H,1H3;5*3H2,1-2H3;4*1-2H3;2*1H4;;;;;;2*1H/i;;;;;;;;;;;;;;;;;;;2*1+1. The quantitative estimate of drug-likeness (QED) is 0.228.